The van der Waals surface area contributed by atoms with Crippen molar-refractivity contribution >= 4 is 0 Å². The Hall–Kier alpha value is -1.09. The van der Waals surface area contributed by atoms with Crippen LogP contribution in [0.15, 0.2) is 25.2 Å². The summed E-state index contributed by atoms with van der Waals surface area (Å²) in [5, 5.41) is 0. The normalized spacial score (nSPS) is 22.2. The van der Waals surface area contributed by atoms with Crippen molar-refractivity contribution < 1.29 is 0 Å². The van der Waals surface area contributed by atoms with Gasteiger partial charge in [0.1, 0.15) is 0 Å². The lowest BCUT2D eigenvalue weighted by Crippen LogP contribution is -2.33. The molecule has 1 fully saturated rings. The van der Waals surface area contributed by atoms with Crippen LogP contribution in [0, 0.1) is 5.92 Å². The van der Waals surface area contributed by atoms with Gasteiger partial charge in [-0.3, -0.25) is 4.90 Å². The van der Waals surface area contributed by atoms with Gasteiger partial charge >= 0.3 is 0 Å². The molecule has 0 saturated carbocycles. The van der Waals surface area contributed by atoms with Crippen LogP contribution >= 0.6 is 0 Å². The van der Waals surface area contributed by atoms with Gasteiger partial charge in [0.05, 0.1) is 12.0 Å². The smallest absolute Gasteiger partial charge is 0.0952 e. The van der Waals surface area contributed by atoms with E-state index in [9.17, 15) is 0 Å². The van der Waals surface area contributed by atoms with Gasteiger partial charge in [-0.2, -0.15) is 0 Å². The van der Waals surface area contributed by atoms with Crippen molar-refractivity contribution in [2.75, 3.05) is 13.1 Å². The molecule has 1 aliphatic rings. The fourth-order valence-electron chi connectivity index (χ4n) is 2.40. The molecule has 1 aliphatic heterocycles. The predicted molar refractivity (Wildman–Crippen MR) is 66.1 cm³/mol. The molecule has 0 spiro atoms. The maximum atomic E-state index is 4.43. The van der Waals surface area contributed by atoms with E-state index < -0.39 is 0 Å². The van der Waals surface area contributed by atoms with Gasteiger partial charge in [-0.05, 0) is 25.3 Å². The molecule has 2 rings (SSSR count). The van der Waals surface area contributed by atoms with Gasteiger partial charge in [-0.1, -0.05) is 13.0 Å². The highest BCUT2D eigenvalue weighted by atomic mass is 15.1. The van der Waals surface area contributed by atoms with Crippen molar-refractivity contribution in [1.29, 1.82) is 0 Å². The third-order valence-electron chi connectivity index (χ3n) is 3.15. The van der Waals surface area contributed by atoms with Gasteiger partial charge in [0.25, 0.3) is 0 Å². The molecule has 0 bridgehead atoms. The van der Waals surface area contributed by atoms with E-state index in [-0.39, 0.29) is 0 Å². The molecule has 3 heteroatoms. The highest BCUT2D eigenvalue weighted by Crippen LogP contribution is 2.17. The summed E-state index contributed by atoms with van der Waals surface area (Å²) in [6.07, 6.45) is 8.62. The lowest BCUT2D eigenvalue weighted by molar-refractivity contribution is 0.175. The van der Waals surface area contributed by atoms with Crippen LogP contribution in [0.5, 0.6) is 0 Å². The molecule has 1 unspecified atom stereocenters. The van der Waals surface area contributed by atoms with Crippen molar-refractivity contribution in [3.63, 3.8) is 0 Å². The molecule has 2 heterocycles. The number of aromatic nitrogens is 2. The number of rotatable bonds is 4. The molecular weight excluding hydrogens is 198 g/mol. The second-order valence-electron chi connectivity index (χ2n) is 4.83. The minimum atomic E-state index is 0.837. The van der Waals surface area contributed by atoms with Crippen molar-refractivity contribution in [2.45, 2.75) is 32.9 Å². The maximum absolute atomic E-state index is 4.43. The first-order valence-corrected chi connectivity index (χ1v) is 6.12. The average molecular weight is 219 g/mol. The number of likely N-dealkylation sites (tertiary alicyclic amines) is 1. The Bertz CT molecular complexity index is 343. The van der Waals surface area contributed by atoms with Crippen LogP contribution in [0.25, 0.3) is 0 Å². The Kier molecular flexibility index (Phi) is 3.78. The molecule has 1 aromatic rings. The Balaban J connectivity index is 1.89. The molecule has 0 radical (unpaired) electrons. The fraction of sp³-hybridized carbons (Fsp3) is 0.615. The second kappa shape index (κ2) is 5.30. The molecule has 1 atom stereocenters. The zero-order chi connectivity index (χ0) is 11.4. The molecule has 1 aromatic heterocycles. The van der Waals surface area contributed by atoms with Gasteiger partial charge in [0.15, 0.2) is 0 Å². The molecule has 1 saturated heterocycles. The first kappa shape index (κ1) is 11.4. The Morgan fingerprint density at radius 2 is 2.50 bits per heavy atom. The summed E-state index contributed by atoms with van der Waals surface area (Å²) in [6.45, 7) is 10.4. The quantitative estimate of drug-likeness (QED) is 0.725. The van der Waals surface area contributed by atoms with Crippen LogP contribution in [-0.2, 0) is 13.1 Å². The molecule has 0 N–H and O–H groups in total. The van der Waals surface area contributed by atoms with E-state index in [1.165, 1.54) is 31.6 Å². The summed E-state index contributed by atoms with van der Waals surface area (Å²) in [5.74, 6) is 0.837. The first-order valence-electron chi connectivity index (χ1n) is 6.12. The topological polar surface area (TPSA) is 21.1 Å². The van der Waals surface area contributed by atoms with E-state index in [4.69, 9.17) is 0 Å². The third-order valence-corrected chi connectivity index (χ3v) is 3.15. The van der Waals surface area contributed by atoms with E-state index in [0.29, 0.717) is 0 Å². The zero-order valence-corrected chi connectivity index (χ0v) is 10.1. The standard InChI is InChI=1S/C13H21N3/c1-3-6-16-10-13(14-11-16)9-15-7-4-5-12(2)8-15/h3,10-12H,1,4-9H2,2H3. The van der Waals surface area contributed by atoms with E-state index >= 15 is 0 Å². The molecule has 0 amide bonds. The average Bonchev–Trinajstić information content (AvgIpc) is 2.66. The Morgan fingerprint density at radius 1 is 1.62 bits per heavy atom. The zero-order valence-electron chi connectivity index (χ0n) is 10.1. The lowest BCUT2D eigenvalue weighted by Gasteiger charge is -2.30. The number of piperidine rings is 1. The highest BCUT2D eigenvalue weighted by Gasteiger charge is 2.16. The molecular formula is C13H21N3. The summed E-state index contributed by atoms with van der Waals surface area (Å²) < 4.78 is 2.08. The maximum Gasteiger partial charge on any atom is 0.0952 e. The van der Waals surface area contributed by atoms with E-state index in [0.717, 1.165) is 19.0 Å². The van der Waals surface area contributed by atoms with Gasteiger partial charge in [0.2, 0.25) is 0 Å². The predicted octanol–water partition coefficient (Wildman–Crippen LogP) is 2.30. The molecule has 0 aromatic carbocycles. The van der Waals surface area contributed by atoms with E-state index in [1.807, 2.05) is 12.4 Å². The third kappa shape index (κ3) is 2.95. The van der Waals surface area contributed by atoms with Gasteiger partial charge in [-0.15, -0.1) is 6.58 Å². The van der Waals surface area contributed by atoms with Crippen molar-refractivity contribution in [3.05, 3.63) is 30.9 Å². The van der Waals surface area contributed by atoms with Crippen LogP contribution in [0.4, 0.5) is 0 Å². The number of hydrogen-bond donors (Lipinski definition) is 0. The molecule has 3 nitrogen and oxygen atoms in total. The van der Waals surface area contributed by atoms with Gasteiger partial charge in [0, 0.05) is 25.8 Å². The monoisotopic (exact) mass is 219 g/mol. The number of hydrogen-bond acceptors (Lipinski definition) is 2. The first-order chi connectivity index (χ1) is 7.78. The van der Waals surface area contributed by atoms with Crippen LogP contribution < -0.4 is 0 Å². The summed E-state index contributed by atoms with van der Waals surface area (Å²) >= 11 is 0. The lowest BCUT2D eigenvalue weighted by atomic mass is 10.0. The van der Waals surface area contributed by atoms with Crippen molar-refractivity contribution in [2.24, 2.45) is 5.92 Å². The molecule has 0 aliphatic carbocycles. The SMILES string of the molecule is C=CCn1cnc(CN2CCCC(C)C2)c1. The number of nitrogens with zero attached hydrogens (tertiary/aromatic N) is 3. The minimum absolute atomic E-state index is 0.837. The van der Waals surface area contributed by atoms with Crippen LogP contribution in [0.2, 0.25) is 0 Å². The van der Waals surface area contributed by atoms with Crippen molar-refractivity contribution in [3.8, 4) is 0 Å². The summed E-state index contributed by atoms with van der Waals surface area (Å²) in [7, 11) is 0. The Labute approximate surface area is 97.8 Å². The van der Waals surface area contributed by atoms with Gasteiger partial charge in [-0.25, -0.2) is 4.98 Å². The van der Waals surface area contributed by atoms with Crippen LogP contribution in [-0.4, -0.2) is 27.5 Å². The van der Waals surface area contributed by atoms with E-state index in [2.05, 4.69) is 34.2 Å². The molecule has 88 valence electrons. The van der Waals surface area contributed by atoms with Crippen molar-refractivity contribution in [1.82, 2.24) is 14.5 Å². The Morgan fingerprint density at radius 3 is 3.25 bits per heavy atom. The number of allylic oxidation sites excluding steroid dienone is 1. The number of imidazole rings is 1. The fourth-order valence-corrected chi connectivity index (χ4v) is 2.40. The molecule has 16 heavy (non-hydrogen) atoms. The second-order valence-corrected chi connectivity index (χ2v) is 4.83. The van der Waals surface area contributed by atoms with Crippen LogP contribution in [0.3, 0.4) is 0 Å². The van der Waals surface area contributed by atoms with Crippen LogP contribution in [0.1, 0.15) is 25.5 Å². The summed E-state index contributed by atoms with van der Waals surface area (Å²) in [5.41, 5.74) is 1.18. The summed E-state index contributed by atoms with van der Waals surface area (Å²) in [4.78, 5) is 6.94. The highest BCUT2D eigenvalue weighted by molar-refractivity contribution is 4.98. The minimum Gasteiger partial charge on any atom is -0.333 e. The van der Waals surface area contributed by atoms with Gasteiger partial charge < -0.3 is 4.57 Å². The largest absolute Gasteiger partial charge is 0.333 e. The summed E-state index contributed by atoms with van der Waals surface area (Å²) in [6, 6.07) is 0. The van der Waals surface area contributed by atoms with E-state index in [1.54, 1.807) is 0 Å².